The molecule has 1 aromatic heterocycles. The Balaban J connectivity index is 2.31. The van der Waals surface area contributed by atoms with E-state index < -0.39 is 0 Å². The fraction of sp³-hybridized carbons (Fsp3) is 0.250. The molecule has 1 heterocycles. The van der Waals surface area contributed by atoms with Crippen molar-refractivity contribution in [2.75, 3.05) is 7.11 Å². The lowest BCUT2D eigenvalue weighted by Gasteiger charge is -2.10. The summed E-state index contributed by atoms with van der Waals surface area (Å²) < 4.78 is 13.8. The monoisotopic (exact) mass is 296 g/mol. The number of benzene rings is 1. The van der Waals surface area contributed by atoms with Gasteiger partial charge in [-0.3, -0.25) is 4.57 Å². The minimum Gasteiger partial charge on any atom is -0.493 e. The predicted molar refractivity (Wildman–Crippen MR) is 68.7 cm³/mol. The summed E-state index contributed by atoms with van der Waals surface area (Å²) in [4.78, 5) is 4.20. The van der Waals surface area contributed by atoms with Crippen LogP contribution in [0.25, 0.3) is 0 Å². The molecular formula is C12H13BrN2O2. The smallest absolute Gasteiger partial charge is 0.302 e. The first-order valence-corrected chi connectivity index (χ1v) is 6.07. The molecule has 1 aromatic carbocycles. The van der Waals surface area contributed by atoms with Crippen molar-refractivity contribution in [3.63, 3.8) is 0 Å². The molecule has 0 saturated heterocycles. The van der Waals surface area contributed by atoms with Crippen LogP contribution in [0.3, 0.4) is 0 Å². The first-order valence-electron chi connectivity index (χ1n) is 5.28. The van der Waals surface area contributed by atoms with E-state index in [4.69, 9.17) is 9.47 Å². The number of halogens is 1. The fourth-order valence-electron chi connectivity index (χ4n) is 1.51. The molecule has 0 aliphatic heterocycles. The summed E-state index contributed by atoms with van der Waals surface area (Å²) in [5.74, 6) is 1.34. The van der Waals surface area contributed by atoms with Crippen molar-refractivity contribution in [3.05, 3.63) is 35.1 Å². The van der Waals surface area contributed by atoms with Gasteiger partial charge >= 0.3 is 6.01 Å². The van der Waals surface area contributed by atoms with Crippen LogP contribution in [-0.2, 0) is 6.54 Å². The number of nitrogens with zero attached hydrogens (tertiary/aromatic N) is 2. The highest BCUT2D eigenvalue weighted by molar-refractivity contribution is 9.10. The molecule has 4 nitrogen and oxygen atoms in total. The van der Waals surface area contributed by atoms with E-state index in [0.29, 0.717) is 17.5 Å². The van der Waals surface area contributed by atoms with E-state index in [9.17, 15) is 0 Å². The maximum absolute atomic E-state index is 5.74. The molecule has 0 radical (unpaired) electrons. The van der Waals surface area contributed by atoms with Crippen molar-refractivity contribution in [1.29, 1.82) is 0 Å². The van der Waals surface area contributed by atoms with Crippen LogP contribution in [0.2, 0.25) is 0 Å². The van der Waals surface area contributed by atoms with Crippen LogP contribution in [0.5, 0.6) is 17.5 Å². The van der Waals surface area contributed by atoms with Gasteiger partial charge in [0.15, 0.2) is 11.5 Å². The van der Waals surface area contributed by atoms with Gasteiger partial charge in [-0.15, -0.1) is 0 Å². The maximum atomic E-state index is 5.74. The largest absolute Gasteiger partial charge is 0.493 e. The highest BCUT2D eigenvalue weighted by Gasteiger charge is 2.11. The standard InChI is InChI=1S/C12H13BrN2O2/c1-3-15-11(13)8-14-12(15)17-10-7-5-4-6-9(10)16-2/h4-8H,3H2,1-2H3. The van der Waals surface area contributed by atoms with Gasteiger partial charge in [0.1, 0.15) is 4.60 Å². The zero-order chi connectivity index (χ0) is 12.3. The molecule has 0 fully saturated rings. The number of hydrogen-bond donors (Lipinski definition) is 0. The first kappa shape index (κ1) is 12.0. The zero-order valence-electron chi connectivity index (χ0n) is 9.68. The Hall–Kier alpha value is -1.49. The molecule has 0 bridgehead atoms. The third-order valence-corrected chi connectivity index (χ3v) is 2.99. The summed E-state index contributed by atoms with van der Waals surface area (Å²) in [5, 5.41) is 0. The Morgan fingerprint density at radius 3 is 2.65 bits per heavy atom. The van der Waals surface area contributed by atoms with Crippen LogP contribution in [0.15, 0.2) is 35.1 Å². The number of hydrogen-bond acceptors (Lipinski definition) is 3. The molecule has 0 unspecified atom stereocenters. The molecule has 17 heavy (non-hydrogen) atoms. The van der Waals surface area contributed by atoms with Crippen LogP contribution in [0.1, 0.15) is 6.92 Å². The number of rotatable bonds is 4. The molecule has 0 N–H and O–H groups in total. The minimum absolute atomic E-state index is 0.545. The number of ether oxygens (including phenoxy) is 2. The fourth-order valence-corrected chi connectivity index (χ4v) is 2.01. The lowest BCUT2D eigenvalue weighted by atomic mass is 10.3. The second kappa shape index (κ2) is 5.23. The van der Waals surface area contributed by atoms with Crippen molar-refractivity contribution in [1.82, 2.24) is 9.55 Å². The predicted octanol–water partition coefficient (Wildman–Crippen LogP) is 3.47. The molecule has 2 aromatic rings. The molecule has 5 heteroatoms. The molecule has 0 saturated carbocycles. The molecule has 0 aliphatic carbocycles. The van der Waals surface area contributed by atoms with Crippen molar-refractivity contribution in [3.8, 4) is 17.5 Å². The number of aromatic nitrogens is 2. The van der Waals surface area contributed by atoms with Gasteiger partial charge in [-0.1, -0.05) is 12.1 Å². The molecule has 0 spiro atoms. The van der Waals surface area contributed by atoms with Gasteiger partial charge in [0.2, 0.25) is 0 Å². The summed E-state index contributed by atoms with van der Waals surface area (Å²) in [6.45, 7) is 2.81. The molecule has 90 valence electrons. The quantitative estimate of drug-likeness (QED) is 0.867. The van der Waals surface area contributed by atoms with Crippen molar-refractivity contribution < 1.29 is 9.47 Å². The topological polar surface area (TPSA) is 36.3 Å². The van der Waals surface area contributed by atoms with Crippen LogP contribution in [0.4, 0.5) is 0 Å². The van der Waals surface area contributed by atoms with Crippen molar-refractivity contribution in [2.45, 2.75) is 13.5 Å². The van der Waals surface area contributed by atoms with Crippen LogP contribution >= 0.6 is 15.9 Å². The summed E-state index contributed by atoms with van der Waals surface area (Å²) in [5.41, 5.74) is 0. The Morgan fingerprint density at radius 1 is 1.29 bits per heavy atom. The summed E-state index contributed by atoms with van der Waals surface area (Å²) in [6.07, 6.45) is 1.72. The average molecular weight is 297 g/mol. The van der Waals surface area contributed by atoms with E-state index in [0.717, 1.165) is 11.1 Å². The third kappa shape index (κ3) is 2.44. The first-order chi connectivity index (χ1) is 8.26. The Morgan fingerprint density at radius 2 is 2.00 bits per heavy atom. The average Bonchev–Trinajstić information content (AvgIpc) is 2.70. The van der Waals surface area contributed by atoms with Gasteiger partial charge in [0.05, 0.1) is 13.3 Å². The van der Waals surface area contributed by atoms with E-state index in [1.807, 2.05) is 35.8 Å². The highest BCUT2D eigenvalue weighted by atomic mass is 79.9. The van der Waals surface area contributed by atoms with Crippen LogP contribution < -0.4 is 9.47 Å². The number of methoxy groups -OCH3 is 1. The summed E-state index contributed by atoms with van der Waals surface area (Å²) in [7, 11) is 1.62. The van der Waals surface area contributed by atoms with Gasteiger partial charge in [-0.05, 0) is 35.0 Å². The van der Waals surface area contributed by atoms with E-state index in [-0.39, 0.29) is 0 Å². The van der Waals surface area contributed by atoms with Crippen LogP contribution in [0, 0.1) is 0 Å². The molecule has 0 atom stereocenters. The molecular weight excluding hydrogens is 284 g/mol. The van der Waals surface area contributed by atoms with Gasteiger partial charge in [-0.2, -0.15) is 0 Å². The maximum Gasteiger partial charge on any atom is 0.302 e. The van der Waals surface area contributed by atoms with E-state index in [1.165, 1.54) is 0 Å². The van der Waals surface area contributed by atoms with Gasteiger partial charge in [0.25, 0.3) is 0 Å². The van der Waals surface area contributed by atoms with Gasteiger partial charge in [0, 0.05) is 6.54 Å². The van der Waals surface area contributed by atoms with Crippen LogP contribution in [-0.4, -0.2) is 16.7 Å². The van der Waals surface area contributed by atoms with Gasteiger partial charge in [-0.25, -0.2) is 4.98 Å². The van der Waals surface area contributed by atoms with E-state index >= 15 is 0 Å². The molecule has 0 amide bonds. The Labute approximate surface area is 108 Å². The molecule has 0 aliphatic rings. The van der Waals surface area contributed by atoms with E-state index in [1.54, 1.807) is 13.3 Å². The zero-order valence-corrected chi connectivity index (χ0v) is 11.3. The number of para-hydroxylation sites is 2. The third-order valence-electron chi connectivity index (χ3n) is 2.36. The Kier molecular flexibility index (Phi) is 3.68. The Bertz CT molecular complexity index is 511. The molecule has 2 rings (SSSR count). The summed E-state index contributed by atoms with van der Waals surface area (Å²) >= 11 is 3.42. The van der Waals surface area contributed by atoms with Crippen molar-refractivity contribution >= 4 is 15.9 Å². The van der Waals surface area contributed by atoms with Crippen molar-refractivity contribution in [2.24, 2.45) is 0 Å². The second-order valence-electron chi connectivity index (χ2n) is 3.36. The number of imidazole rings is 1. The summed E-state index contributed by atoms with van der Waals surface area (Å²) in [6, 6.07) is 8.04. The SMILES string of the molecule is CCn1c(Br)cnc1Oc1ccccc1OC. The lowest BCUT2D eigenvalue weighted by molar-refractivity contribution is 0.358. The van der Waals surface area contributed by atoms with E-state index in [2.05, 4.69) is 20.9 Å². The normalized spacial score (nSPS) is 10.3. The second-order valence-corrected chi connectivity index (χ2v) is 4.17. The lowest BCUT2D eigenvalue weighted by Crippen LogP contribution is -1.99. The highest BCUT2D eigenvalue weighted by Crippen LogP contribution is 2.31. The minimum atomic E-state index is 0.545. The van der Waals surface area contributed by atoms with Gasteiger partial charge < -0.3 is 9.47 Å².